The molecule has 1 N–H and O–H groups in total. The number of nitrogens with one attached hydrogen (secondary N) is 1. The highest BCUT2D eigenvalue weighted by Gasteiger charge is 2.29. The fourth-order valence-corrected chi connectivity index (χ4v) is 2.86. The van der Waals surface area contributed by atoms with Crippen molar-refractivity contribution in [3.63, 3.8) is 0 Å². The van der Waals surface area contributed by atoms with Crippen LogP contribution in [0, 0.1) is 5.92 Å². The van der Waals surface area contributed by atoms with E-state index in [1.807, 2.05) is 36.4 Å². The third-order valence-corrected chi connectivity index (χ3v) is 4.50. The van der Waals surface area contributed by atoms with Crippen molar-refractivity contribution >= 4 is 22.5 Å². The fourth-order valence-electron chi connectivity index (χ4n) is 2.86. The Kier molecular flexibility index (Phi) is 4.54. The summed E-state index contributed by atoms with van der Waals surface area (Å²) >= 11 is 0. The van der Waals surface area contributed by atoms with Crippen LogP contribution in [0.3, 0.4) is 0 Å². The van der Waals surface area contributed by atoms with Gasteiger partial charge in [0.05, 0.1) is 19.7 Å². The van der Waals surface area contributed by atoms with E-state index >= 15 is 0 Å². The van der Waals surface area contributed by atoms with Gasteiger partial charge in [-0.2, -0.15) is 0 Å². The monoisotopic (exact) mass is 364 g/mol. The molecule has 138 valence electrons. The van der Waals surface area contributed by atoms with Gasteiger partial charge in [-0.25, -0.2) is 0 Å². The third kappa shape index (κ3) is 3.65. The average Bonchev–Trinajstić information content (AvgIpc) is 3.54. The van der Waals surface area contributed by atoms with Crippen molar-refractivity contribution in [1.82, 2.24) is 4.98 Å². The van der Waals surface area contributed by atoms with Crippen LogP contribution >= 0.6 is 0 Å². The first-order chi connectivity index (χ1) is 13.2. The van der Waals surface area contributed by atoms with Gasteiger partial charge in [-0.05, 0) is 49.2 Å². The van der Waals surface area contributed by atoms with Crippen molar-refractivity contribution in [2.45, 2.75) is 12.8 Å². The molecule has 27 heavy (non-hydrogen) atoms. The summed E-state index contributed by atoms with van der Waals surface area (Å²) in [5.74, 6) is 2.82. The summed E-state index contributed by atoms with van der Waals surface area (Å²) in [4.78, 5) is 16.2. The molecule has 0 saturated heterocycles. The topological polar surface area (TPSA) is 69.7 Å². The Hall–Kier alpha value is -3.28. The normalized spacial score (nSPS) is 13.3. The summed E-state index contributed by atoms with van der Waals surface area (Å²) in [5, 5.41) is 3.74. The zero-order valence-corrected chi connectivity index (χ0v) is 15.2. The largest absolute Gasteiger partial charge is 0.493 e. The molecular weight excluding hydrogens is 344 g/mol. The Morgan fingerprint density at radius 3 is 2.37 bits per heavy atom. The van der Waals surface area contributed by atoms with E-state index < -0.39 is 0 Å². The smallest absolute Gasteiger partial charge is 0.227 e. The highest BCUT2D eigenvalue weighted by atomic mass is 16.5. The van der Waals surface area contributed by atoms with Crippen molar-refractivity contribution in [2.24, 2.45) is 5.92 Å². The lowest BCUT2D eigenvalue weighted by molar-refractivity contribution is -0.117. The first kappa shape index (κ1) is 17.1. The maximum absolute atomic E-state index is 11.8. The SMILES string of the molecule is COc1cc2nccc(Oc3ccc(NC(=O)C4CC4)cc3)c2cc1OC. The highest BCUT2D eigenvalue weighted by molar-refractivity contribution is 5.94. The van der Waals surface area contributed by atoms with Gasteiger partial charge in [-0.15, -0.1) is 0 Å². The second kappa shape index (κ2) is 7.15. The van der Waals surface area contributed by atoms with Gasteiger partial charge in [0.1, 0.15) is 11.5 Å². The summed E-state index contributed by atoms with van der Waals surface area (Å²) in [6, 6.07) is 12.8. The van der Waals surface area contributed by atoms with Crippen LogP contribution in [0.25, 0.3) is 10.9 Å². The Labute approximate surface area is 157 Å². The number of ether oxygens (including phenoxy) is 3. The van der Waals surface area contributed by atoms with Gasteiger partial charge in [-0.1, -0.05) is 0 Å². The zero-order chi connectivity index (χ0) is 18.8. The van der Waals surface area contributed by atoms with Gasteiger partial charge >= 0.3 is 0 Å². The van der Waals surface area contributed by atoms with Crippen LogP contribution < -0.4 is 19.5 Å². The van der Waals surface area contributed by atoms with Crippen LogP contribution in [0.2, 0.25) is 0 Å². The van der Waals surface area contributed by atoms with Crippen molar-refractivity contribution < 1.29 is 19.0 Å². The van der Waals surface area contributed by atoms with E-state index in [0.717, 1.165) is 29.4 Å². The van der Waals surface area contributed by atoms with Crippen LogP contribution in [0.5, 0.6) is 23.0 Å². The molecule has 0 bridgehead atoms. The summed E-state index contributed by atoms with van der Waals surface area (Å²) in [5.41, 5.74) is 1.52. The van der Waals surface area contributed by atoms with E-state index in [1.165, 1.54) is 0 Å². The second-order valence-corrected chi connectivity index (χ2v) is 6.42. The number of carbonyl (C=O) groups is 1. The van der Waals surface area contributed by atoms with Crippen LogP contribution in [-0.4, -0.2) is 25.1 Å². The van der Waals surface area contributed by atoms with E-state index in [0.29, 0.717) is 23.0 Å². The zero-order valence-electron chi connectivity index (χ0n) is 15.2. The Morgan fingerprint density at radius 1 is 1.00 bits per heavy atom. The molecule has 1 saturated carbocycles. The summed E-state index contributed by atoms with van der Waals surface area (Å²) in [6.07, 6.45) is 3.65. The minimum absolute atomic E-state index is 0.0878. The molecule has 6 nitrogen and oxygen atoms in total. The van der Waals surface area contributed by atoms with E-state index in [4.69, 9.17) is 14.2 Å². The lowest BCUT2D eigenvalue weighted by Gasteiger charge is -2.12. The number of pyridine rings is 1. The van der Waals surface area contributed by atoms with E-state index in [-0.39, 0.29) is 11.8 Å². The van der Waals surface area contributed by atoms with Crippen LogP contribution in [0.1, 0.15) is 12.8 Å². The molecule has 1 aliphatic carbocycles. The third-order valence-electron chi connectivity index (χ3n) is 4.50. The van der Waals surface area contributed by atoms with E-state index in [1.54, 1.807) is 26.5 Å². The minimum atomic E-state index is 0.0878. The molecule has 1 heterocycles. The molecule has 0 unspecified atom stereocenters. The average molecular weight is 364 g/mol. The summed E-state index contributed by atoms with van der Waals surface area (Å²) in [6.45, 7) is 0. The number of carbonyl (C=O) groups excluding carboxylic acids is 1. The minimum Gasteiger partial charge on any atom is -0.493 e. The van der Waals surface area contributed by atoms with Crippen molar-refractivity contribution in [3.05, 3.63) is 48.7 Å². The molecule has 1 aromatic heterocycles. The number of aromatic nitrogens is 1. The van der Waals surface area contributed by atoms with Crippen LogP contribution in [0.15, 0.2) is 48.7 Å². The van der Waals surface area contributed by atoms with Crippen LogP contribution in [0.4, 0.5) is 5.69 Å². The number of anilines is 1. The Morgan fingerprint density at radius 2 is 1.70 bits per heavy atom. The predicted octanol–water partition coefficient (Wildman–Crippen LogP) is 4.39. The molecule has 1 aliphatic rings. The summed E-state index contributed by atoms with van der Waals surface area (Å²) < 4.78 is 16.7. The quantitative estimate of drug-likeness (QED) is 0.702. The van der Waals surface area contributed by atoms with E-state index in [2.05, 4.69) is 10.3 Å². The molecule has 1 amide bonds. The number of methoxy groups -OCH3 is 2. The Balaban J connectivity index is 1.58. The second-order valence-electron chi connectivity index (χ2n) is 6.42. The first-order valence-electron chi connectivity index (χ1n) is 8.77. The molecule has 4 rings (SSSR count). The maximum Gasteiger partial charge on any atom is 0.227 e. The predicted molar refractivity (Wildman–Crippen MR) is 103 cm³/mol. The maximum atomic E-state index is 11.8. The molecule has 0 atom stereocenters. The Bertz CT molecular complexity index is 981. The molecule has 0 spiro atoms. The molecule has 3 aromatic rings. The van der Waals surface area contributed by atoms with Gasteiger partial charge < -0.3 is 19.5 Å². The van der Waals surface area contributed by atoms with Crippen molar-refractivity contribution in [3.8, 4) is 23.0 Å². The fraction of sp³-hybridized carbons (Fsp3) is 0.238. The lowest BCUT2D eigenvalue weighted by atomic mass is 10.2. The van der Waals surface area contributed by atoms with Crippen LogP contribution in [-0.2, 0) is 4.79 Å². The van der Waals surface area contributed by atoms with Gasteiger partial charge in [0, 0.05) is 29.3 Å². The molecule has 0 aliphatic heterocycles. The number of benzene rings is 2. The molecule has 2 aromatic carbocycles. The van der Waals surface area contributed by atoms with Crippen molar-refractivity contribution in [1.29, 1.82) is 0 Å². The van der Waals surface area contributed by atoms with Gasteiger partial charge in [0.25, 0.3) is 0 Å². The molecule has 6 heteroatoms. The van der Waals surface area contributed by atoms with Gasteiger partial charge in [-0.3, -0.25) is 9.78 Å². The lowest BCUT2D eigenvalue weighted by Crippen LogP contribution is -2.12. The standard InChI is InChI=1S/C21H20N2O4/c1-25-19-11-16-17(12-20(19)26-2)22-10-9-18(16)27-15-7-5-14(6-8-15)23-21(24)13-3-4-13/h5-13H,3-4H2,1-2H3,(H,23,24). The number of hydrogen-bond donors (Lipinski definition) is 1. The number of amides is 1. The first-order valence-corrected chi connectivity index (χ1v) is 8.77. The summed E-state index contributed by atoms with van der Waals surface area (Å²) in [7, 11) is 3.18. The van der Waals surface area contributed by atoms with Gasteiger partial charge in [0.15, 0.2) is 11.5 Å². The number of rotatable bonds is 6. The number of hydrogen-bond acceptors (Lipinski definition) is 5. The van der Waals surface area contributed by atoms with Gasteiger partial charge in [0.2, 0.25) is 5.91 Å². The van der Waals surface area contributed by atoms with Crippen molar-refractivity contribution in [2.75, 3.05) is 19.5 Å². The van der Waals surface area contributed by atoms with E-state index in [9.17, 15) is 4.79 Å². The number of fused-ring (bicyclic) bond motifs is 1. The molecule has 1 fully saturated rings. The number of nitrogens with zero attached hydrogens (tertiary/aromatic N) is 1. The molecular formula is C21H20N2O4. The highest BCUT2D eigenvalue weighted by Crippen LogP contribution is 2.37. The molecule has 0 radical (unpaired) electrons.